The monoisotopic (exact) mass is 784 g/mol. The minimum absolute atomic E-state index is 0.241. The van der Waals surface area contributed by atoms with Crippen LogP contribution in [0.25, 0.3) is 0 Å². The van der Waals surface area contributed by atoms with Crippen LogP contribution < -0.4 is 5.32 Å². The normalized spacial score (nSPS) is 22.8. The molecule has 1 heterocycles. The molecule has 55 heavy (non-hydrogen) atoms. The number of aliphatic hydroxyl groups is 7. The summed E-state index contributed by atoms with van der Waals surface area (Å²) in [6.45, 7) is 3.36. The summed E-state index contributed by atoms with van der Waals surface area (Å²) in [7, 11) is 0. The first-order valence-corrected chi connectivity index (χ1v) is 21.9. The number of carbonyl (C=O) groups excluding carboxylic acids is 1. The Morgan fingerprint density at radius 3 is 1.62 bits per heavy atom. The number of aliphatic hydroxyl groups excluding tert-OH is 7. The molecule has 8 N–H and O–H groups in total. The molecule has 0 aromatic heterocycles. The van der Waals surface area contributed by atoms with Crippen LogP contribution in [-0.2, 0) is 14.3 Å². The Morgan fingerprint density at radius 1 is 0.618 bits per heavy atom. The lowest BCUT2D eigenvalue weighted by molar-refractivity contribution is -0.303. The highest BCUT2D eigenvalue weighted by Crippen LogP contribution is 2.23. The fourth-order valence-corrected chi connectivity index (χ4v) is 6.71. The van der Waals surface area contributed by atoms with E-state index >= 15 is 0 Å². The molecule has 1 aliphatic heterocycles. The molecule has 0 aromatic rings. The van der Waals surface area contributed by atoms with Crippen LogP contribution in [0.5, 0.6) is 0 Å². The van der Waals surface area contributed by atoms with E-state index < -0.39 is 74.2 Å². The van der Waals surface area contributed by atoms with Gasteiger partial charge in [0, 0.05) is 0 Å². The van der Waals surface area contributed by atoms with Crippen molar-refractivity contribution in [2.75, 3.05) is 13.2 Å². The zero-order chi connectivity index (χ0) is 40.5. The topological polar surface area (TPSA) is 189 Å². The van der Waals surface area contributed by atoms with Gasteiger partial charge in [-0.1, -0.05) is 140 Å². The fourth-order valence-electron chi connectivity index (χ4n) is 6.71. The van der Waals surface area contributed by atoms with E-state index in [9.17, 15) is 40.5 Å². The van der Waals surface area contributed by atoms with Crippen molar-refractivity contribution in [2.24, 2.45) is 0 Å². The van der Waals surface area contributed by atoms with Gasteiger partial charge in [-0.15, -0.1) is 0 Å². The first-order chi connectivity index (χ1) is 26.7. The highest BCUT2D eigenvalue weighted by atomic mass is 16.7. The van der Waals surface area contributed by atoms with Crippen LogP contribution in [-0.4, -0.2) is 110 Å². The van der Waals surface area contributed by atoms with Crippen molar-refractivity contribution in [3.63, 3.8) is 0 Å². The maximum absolute atomic E-state index is 13.0. The van der Waals surface area contributed by atoms with Crippen LogP contribution in [0.1, 0.15) is 168 Å². The first-order valence-electron chi connectivity index (χ1n) is 21.9. The van der Waals surface area contributed by atoms with E-state index in [2.05, 4.69) is 55.6 Å². The third-order valence-electron chi connectivity index (χ3n) is 10.4. The van der Waals surface area contributed by atoms with Gasteiger partial charge in [0.2, 0.25) is 5.91 Å². The Bertz CT molecular complexity index is 992. The zero-order valence-electron chi connectivity index (χ0n) is 34.4. The molecule has 1 amide bonds. The third kappa shape index (κ3) is 24.7. The van der Waals surface area contributed by atoms with E-state index in [0.29, 0.717) is 19.3 Å². The van der Waals surface area contributed by atoms with Crippen molar-refractivity contribution in [1.82, 2.24) is 5.32 Å². The predicted octanol–water partition coefficient (Wildman–Crippen LogP) is 6.44. The lowest BCUT2D eigenvalue weighted by Gasteiger charge is -2.40. The van der Waals surface area contributed by atoms with Gasteiger partial charge < -0.3 is 50.5 Å². The first kappa shape index (κ1) is 51.3. The second-order valence-electron chi connectivity index (χ2n) is 15.4. The van der Waals surface area contributed by atoms with Crippen LogP contribution in [0.4, 0.5) is 0 Å². The van der Waals surface area contributed by atoms with E-state index in [0.717, 1.165) is 44.9 Å². The van der Waals surface area contributed by atoms with Gasteiger partial charge in [-0.2, -0.15) is 0 Å². The average Bonchev–Trinajstić information content (AvgIpc) is 3.18. The Balaban J connectivity index is 2.54. The van der Waals surface area contributed by atoms with Crippen molar-refractivity contribution in [1.29, 1.82) is 0 Å². The zero-order valence-corrected chi connectivity index (χ0v) is 34.4. The maximum atomic E-state index is 13.0. The molecule has 11 nitrogen and oxygen atoms in total. The van der Waals surface area contributed by atoms with Gasteiger partial charge in [-0.25, -0.2) is 0 Å². The van der Waals surface area contributed by atoms with Gasteiger partial charge in [-0.3, -0.25) is 4.79 Å². The third-order valence-corrected chi connectivity index (χ3v) is 10.4. The minimum atomic E-state index is -1.67. The number of hydrogen-bond acceptors (Lipinski definition) is 10. The highest BCUT2D eigenvalue weighted by Gasteiger charge is 2.44. The van der Waals surface area contributed by atoms with Crippen molar-refractivity contribution in [2.45, 2.75) is 223 Å². The van der Waals surface area contributed by atoms with Crippen LogP contribution in [0, 0.1) is 0 Å². The maximum Gasteiger partial charge on any atom is 0.249 e. The molecular weight excluding hydrogens is 702 g/mol. The Morgan fingerprint density at radius 2 is 1.09 bits per heavy atom. The van der Waals surface area contributed by atoms with Gasteiger partial charge in [0.1, 0.15) is 36.6 Å². The van der Waals surface area contributed by atoms with E-state index in [1.807, 2.05) is 0 Å². The van der Waals surface area contributed by atoms with E-state index in [1.54, 1.807) is 0 Å². The molecule has 9 unspecified atom stereocenters. The summed E-state index contributed by atoms with van der Waals surface area (Å²) >= 11 is 0. The second kappa shape index (κ2) is 34.4. The standard InChI is InChI=1S/C44H81NO10/c1-3-5-7-9-11-13-15-16-17-18-19-20-22-23-25-27-29-31-36(47)39(49)35(34-54-44-42(52)41(51)40(50)38(33-46)55-44)45-43(53)37(48)32-30-28-26-24-21-14-12-10-8-6-4-2/h13,15,18-19,23,25,35-42,44,46-52H,3-12,14,16-17,20-22,24,26-34H2,1-2H3,(H,45,53)/b15-13+,19-18+,25-23+. The lowest BCUT2D eigenvalue weighted by Crippen LogP contribution is -2.60. The minimum Gasteiger partial charge on any atom is -0.394 e. The van der Waals surface area contributed by atoms with Crippen LogP contribution in [0.3, 0.4) is 0 Å². The molecule has 0 spiro atoms. The van der Waals surface area contributed by atoms with Crippen LogP contribution in [0.15, 0.2) is 36.5 Å². The molecular formula is C44H81NO10. The molecule has 1 fully saturated rings. The number of allylic oxidation sites excluding steroid dienone is 6. The molecule has 1 saturated heterocycles. The average molecular weight is 784 g/mol. The molecule has 11 heteroatoms. The SMILES string of the molecule is CCCCCC/C=C/CC/C=C/CC/C=C/CCCC(O)C(O)C(COC1OC(CO)C(O)C(O)C1O)NC(=O)C(O)CCCCCCCCCCCCC. The van der Waals surface area contributed by atoms with Crippen LogP contribution >= 0.6 is 0 Å². The molecule has 0 saturated carbocycles. The molecule has 1 aliphatic rings. The smallest absolute Gasteiger partial charge is 0.249 e. The Hall–Kier alpha value is -1.67. The summed E-state index contributed by atoms with van der Waals surface area (Å²) in [6.07, 6.45) is 26.3. The summed E-state index contributed by atoms with van der Waals surface area (Å²) in [5, 5.41) is 75.4. The Labute approximate surface area is 333 Å². The van der Waals surface area contributed by atoms with E-state index in [4.69, 9.17) is 9.47 Å². The number of amides is 1. The van der Waals surface area contributed by atoms with Gasteiger partial charge in [0.05, 0.1) is 25.4 Å². The van der Waals surface area contributed by atoms with Gasteiger partial charge in [0.15, 0.2) is 6.29 Å². The molecule has 0 bridgehead atoms. The molecule has 322 valence electrons. The second-order valence-corrected chi connectivity index (χ2v) is 15.4. The largest absolute Gasteiger partial charge is 0.394 e. The molecule has 9 atom stereocenters. The van der Waals surface area contributed by atoms with Crippen molar-refractivity contribution >= 4 is 5.91 Å². The lowest BCUT2D eigenvalue weighted by atomic mass is 9.98. The predicted molar refractivity (Wildman–Crippen MR) is 219 cm³/mol. The molecule has 1 rings (SSSR count). The fraction of sp³-hybridized carbons (Fsp3) is 0.841. The molecule has 0 aliphatic carbocycles. The summed E-state index contributed by atoms with van der Waals surface area (Å²) in [4.78, 5) is 13.0. The summed E-state index contributed by atoms with van der Waals surface area (Å²) in [6, 6.07) is -1.19. The molecule has 0 aromatic carbocycles. The Kier molecular flexibility index (Phi) is 32.1. The van der Waals surface area contributed by atoms with Crippen molar-refractivity contribution in [3.05, 3.63) is 36.5 Å². The van der Waals surface area contributed by atoms with Gasteiger partial charge in [-0.05, 0) is 64.2 Å². The molecule has 0 radical (unpaired) electrons. The van der Waals surface area contributed by atoms with Gasteiger partial charge >= 0.3 is 0 Å². The number of ether oxygens (including phenoxy) is 2. The summed E-state index contributed by atoms with van der Waals surface area (Å²) < 4.78 is 11.0. The number of hydrogen-bond donors (Lipinski definition) is 8. The van der Waals surface area contributed by atoms with E-state index in [1.165, 1.54) is 77.0 Å². The summed E-state index contributed by atoms with van der Waals surface area (Å²) in [5.41, 5.74) is 0. The van der Waals surface area contributed by atoms with Gasteiger partial charge in [0.25, 0.3) is 0 Å². The van der Waals surface area contributed by atoms with Crippen molar-refractivity contribution < 1.29 is 50.0 Å². The van der Waals surface area contributed by atoms with Crippen molar-refractivity contribution in [3.8, 4) is 0 Å². The number of unbranched alkanes of at least 4 members (excludes halogenated alkanes) is 17. The quantitative estimate of drug-likeness (QED) is 0.0262. The van der Waals surface area contributed by atoms with E-state index in [-0.39, 0.29) is 12.8 Å². The van der Waals surface area contributed by atoms with Crippen LogP contribution in [0.2, 0.25) is 0 Å². The number of rotatable bonds is 35. The number of carbonyl (C=O) groups is 1. The number of nitrogens with one attached hydrogen (secondary N) is 1. The highest BCUT2D eigenvalue weighted by molar-refractivity contribution is 5.80. The summed E-state index contributed by atoms with van der Waals surface area (Å²) in [5.74, 6) is -0.716.